The van der Waals surface area contributed by atoms with Crippen LogP contribution in [0.1, 0.15) is 12.8 Å². The Labute approximate surface area is 111 Å². The van der Waals surface area contributed by atoms with Crippen LogP contribution < -0.4 is 4.90 Å². The number of carboxylic acids is 1. The topological polar surface area (TPSA) is 96.6 Å². The fourth-order valence-corrected chi connectivity index (χ4v) is 2.37. The second-order valence-corrected chi connectivity index (χ2v) is 4.86. The van der Waals surface area contributed by atoms with E-state index in [9.17, 15) is 14.9 Å². The molecule has 1 aliphatic rings. The molecule has 1 N–H and O–H groups in total. The first-order valence-electron chi connectivity index (χ1n) is 5.30. The number of carboxylic acid groups (broad SMARTS) is 1. The Morgan fingerprint density at radius 1 is 1.67 bits per heavy atom. The van der Waals surface area contributed by atoms with Crippen LogP contribution >= 0.6 is 15.9 Å². The van der Waals surface area contributed by atoms with Gasteiger partial charge in [-0.05, 0) is 28.8 Å². The Balaban J connectivity index is 2.44. The van der Waals surface area contributed by atoms with E-state index in [0.29, 0.717) is 23.9 Å². The molecule has 1 saturated heterocycles. The highest BCUT2D eigenvalue weighted by Gasteiger charge is 2.35. The van der Waals surface area contributed by atoms with Crippen LogP contribution in [-0.2, 0) is 4.79 Å². The minimum Gasteiger partial charge on any atom is -0.480 e. The maximum Gasteiger partial charge on any atom is 0.326 e. The van der Waals surface area contributed by atoms with Gasteiger partial charge >= 0.3 is 11.7 Å². The highest BCUT2D eigenvalue weighted by Crippen LogP contribution is 2.33. The Hall–Kier alpha value is -1.70. The van der Waals surface area contributed by atoms with Gasteiger partial charge in [-0.3, -0.25) is 10.1 Å². The predicted molar refractivity (Wildman–Crippen MR) is 66.6 cm³/mol. The number of hydrogen-bond acceptors (Lipinski definition) is 5. The van der Waals surface area contributed by atoms with E-state index in [0.717, 1.165) is 0 Å². The van der Waals surface area contributed by atoms with Gasteiger partial charge in [0, 0.05) is 23.3 Å². The minimum absolute atomic E-state index is 0.119. The van der Waals surface area contributed by atoms with Gasteiger partial charge in [-0.25, -0.2) is 9.78 Å². The molecule has 0 saturated carbocycles. The van der Waals surface area contributed by atoms with Crippen molar-refractivity contribution < 1.29 is 14.8 Å². The van der Waals surface area contributed by atoms with Crippen LogP contribution in [0.15, 0.2) is 16.7 Å². The number of halogens is 1. The zero-order chi connectivity index (χ0) is 13.3. The molecule has 0 bridgehead atoms. The number of nitro groups is 1. The molecule has 1 fully saturated rings. The number of aromatic nitrogens is 1. The van der Waals surface area contributed by atoms with Gasteiger partial charge in [-0.1, -0.05) is 0 Å². The van der Waals surface area contributed by atoms with E-state index in [1.165, 1.54) is 17.2 Å². The first-order valence-corrected chi connectivity index (χ1v) is 6.09. The van der Waals surface area contributed by atoms with Gasteiger partial charge in [0.25, 0.3) is 0 Å². The van der Waals surface area contributed by atoms with Crippen molar-refractivity contribution in [1.82, 2.24) is 4.98 Å². The summed E-state index contributed by atoms with van der Waals surface area (Å²) in [6, 6.07) is 0.594. The number of aliphatic carboxylic acids is 1. The Bertz CT molecular complexity index is 508. The largest absolute Gasteiger partial charge is 0.480 e. The smallest absolute Gasteiger partial charge is 0.326 e. The molecule has 7 nitrogen and oxygen atoms in total. The van der Waals surface area contributed by atoms with Crippen molar-refractivity contribution in [3.63, 3.8) is 0 Å². The molecule has 0 radical (unpaired) electrons. The van der Waals surface area contributed by atoms with Crippen molar-refractivity contribution in [2.24, 2.45) is 0 Å². The average molecular weight is 316 g/mol. The molecular formula is C10H10BrN3O4. The van der Waals surface area contributed by atoms with E-state index in [2.05, 4.69) is 20.9 Å². The van der Waals surface area contributed by atoms with Crippen LogP contribution in [0, 0.1) is 10.1 Å². The molecule has 0 amide bonds. The van der Waals surface area contributed by atoms with Gasteiger partial charge < -0.3 is 10.0 Å². The molecule has 0 spiro atoms. The van der Waals surface area contributed by atoms with Gasteiger partial charge in [0.15, 0.2) is 0 Å². The summed E-state index contributed by atoms with van der Waals surface area (Å²) in [6.45, 7) is 0.465. The molecule has 18 heavy (non-hydrogen) atoms. The van der Waals surface area contributed by atoms with E-state index in [-0.39, 0.29) is 11.5 Å². The summed E-state index contributed by atoms with van der Waals surface area (Å²) in [6.07, 6.45) is 2.59. The van der Waals surface area contributed by atoms with Gasteiger partial charge in [0.05, 0.1) is 4.92 Å². The molecule has 1 aliphatic heterocycles. The minimum atomic E-state index is -0.980. The van der Waals surface area contributed by atoms with Crippen molar-refractivity contribution in [2.45, 2.75) is 18.9 Å². The summed E-state index contributed by atoms with van der Waals surface area (Å²) in [5.74, 6) is -0.861. The summed E-state index contributed by atoms with van der Waals surface area (Å²) in [7, 11) is 0. The number of pyridine rings is 1. The first-order chi connectivity index (χ1) is 8.50. The highest BCUT2D eigenvalue weighted by atomic mass is 79.9. The quantitative estimate of drug-likeness (QED) is 0.675. The maximum atomic E-state index is 11.1. The van der Waals surface area contributed by atoms with Gasteiger partial charge in [0.2, 0.25) is 5.82 Å². The van der Waals surface area contributed by atoms with Crippen LogP contribution in [0.2, 0.25) is 0 Å². The van der Waals surface area contributed by atoms with Crippen LogP contribution in [0.4, 0.5) is 11.5 Å². The molecule has 1 atom stereocenters. The Morgan fingerprint density at radius 3 is 3.00 bits per heavy atom. The van der Waals surface area contributed by atoms with Crippen molar-refractivity contribution in [2.75, 3.05) is 11.4 Å². The highest BCUT2D eigenvalue weighted by molar-refractivity contribution is 9.10. The van der Waals surface area contributed by atoms with Gasteiger partial charge in [-0.15, -0.1) is 0 Å². The van der Waals surface area contributed by atoms with Crippen LogP contribution in [0.25, 0.3) is 0 Å². The normalized spacial score (nSPS) is 18.9. The lowest BCUT2D eigenvalue weighted by Gasteiger charge is -2.21. The number of anilines is 1. The zero-order valence-corrected chi connectivity index (χ0v) is 10.8. The van der Waals surface area contributed by atoms with Crippen molar-refractivity contribution in [1.29, 1.82) is 0 Å². The Morgan fingerprint density at radius 2 is 2.39 bits per heavy atom. The second-order valence-electron chi connectivity index (χ2n) is 3.94. The van der Waals surface area contributed by atoms with E-state index in [4.69, 9.17) is 5.11 Å². The third-order valence-electron chi connectivity index (χ3n) is 2.82. The van der Waals surface area contributed by atoms with Crippen LogP contribution in [0.3, 0.4) is 0 Å². The van der Waals surface area contributed by atoms with Crippen molar-refractivity contribution in [3.05, 3.63) is 26.9 Å². The summed E-state index contributed by atoms with van der Waals surface area (Å²) in [5, 5.41) is 20.1. The lowest BCUT2D eigenvalue weighted by Crippen LogP contribution is -2.36. The Kier molecular flexibility index (Phi) is 3.46. The summed E-state index contributed by atoms with van der Waals surface area (Å²) in [4.78, 5) is 27.0. The molecule has 8 heteroatoms. The fourth-order valence-electron chi connectivity index (χ4n) is 2.05. The average Bonchev–Trinajstić information content (AvgIpc) is 2.77. The van der Waals surface area contributed by atoms with E-state index in [1.54, 1.807) is 0 Å². The number of nitrogens with zero attached hydrogens (tertiary/aromatic N) is 3. The zero-order valence-electron chi connectivity index (χ0n) is 9.24. The van der Waals surface area contributed by atoms with E-state index in [1.807, 2.05) is 0 Å². The maximum absolute atomic E-state index is 11.1. The number of hydrogen-bond donors (Lipinski definition) is 1. The third-order valence-corrected chi connectivity index (χ3v) is 3.25. The summed E-state index contributed by atoms with van der Waals surface area (Å²) in [5.41, 5.74) is -0.183. The molecule has 0 aliphatic carbocycles. The predicted octanol–water partition coefficient (Wildman–Crippen LogP) is 1.81. The van der Waals surface area contributed by atoms with Crippen LogP contribution in [-0.4, -0.2) is 33.6 Å². The van der Waals surface area contributed by atoms with E-state index < -0.39 is 16.9 Å². The second kappa shape index (κ2) is 4.89. The third kappa shape index (κ3) is 2.28. The lowest BCUT2D eigenvalue weighted by molar-refractivity contribution is -0.384. The fraction of sp³-hybridized carbons (Fsp3) is 0.400. The number of carbonyl (C=O) groups is 1. The molecule has 2 rings (SSSR count). The monoisotopic (exact) mass is 315 g/mol. The molecule has 1 unspecified atom stereocenters. The first kappa shape index (κ1) is 12.7. The van der Waals surface area contributed by atoms with E-state index >= 15 is 0 Å². The van der Waals surface area contributed by atoms with Gasteiger partial charge in [0.1, 0.15) is 6.04 Å². The number of rotatable bonds is 3. The molecule has 1 aromatic heterocycles. The summed E-state index contributed by atoms with van der Waals surface area (Å²) >= 11 is 3.12. The lowest BCUT2D eigenvalue weighted by atomic mass is 10.2. The SMILES string of the molecule is O=C(O)C1CCCN1c1ncc(Br)cc1[N+](=O)[O-]. The van der Waals surface area contributed by atoms with Crippen molar-refractivity contribution >= 4 is 33.4 Å². The molecule has 2 heterocycles. The van der Waals surface area contributed by atoms with Gasteiger partial charge in [-0.2, -0.15) is 0 Å². The molecular weight excluding hydrogens is 306 g/mol. The van der Waals surface area contributed by atoms with Crippen molar-refractivity contribution in [3.8, 4) is 0 Å². The molecule has 1 aromatic rings. The summed E-state index contributed by atoms with van der Waals surface area (Å²) < 4.78 is 0.490. The standard InChI is InChI=1S/C10H10BrN3O4/c11-6-4-8(14(17)18)9(12-5-6)13-3-1-2-7(13)10(15)16/h4-5,7H,1-3H2,(H,15,16). The van der Waals surface area contributed by atoms with Crippen LogP contribution in [0.5, 0.6) is 0 Å². The molecule has 96 valence electrons. The molecule has 0 aromatic carbocycles.